The molecule has 0 spiro atoms. The maximum Gasteiger partial charge on any atom is 0.213 e. The molecule has 0 fully saturated rings. The lowest BCUT2D eigenvalue weighted by molar-refractivity contribution is 0.583. The topological polar surface area (TPSA) is 42.3 Å². The van der Waals surface area contributed by atoms with Gasteiger partial charge in [-0.1, -0.05) is 0 Å². The Labute approximate surface area is 62.6 Å². The van der Waals surface area contributed by atoms with Crippen LogP contribution in [-0.2, 0) is 0 Å². The average molecular weight is 152 g/mol. The fraction of sp³-hybridized carbons (Fsp3) is 0. The van der Waals surface area contributed by atoms with Crippen LogP contribution in [0.25, 0.3) is 6.08 Å². The monoisotopic (exact) mass is 152 g/mol. The van der Waals surface area contributed by atoms with Gasteiger partial charge in [-0.05, 0) is 22.9 Å². The number of aromatic nitrogens is 1. The molecule has 0 aliphatic rings. The number of nitroso groups, excluding NO2 is 1. The number of rotatable bonds is 2. The zero-order chi connectivity index (χ0) is 8.10. The van der Waals surface area contributed by atoms with Crippen molar-refractivity contribution >= 4 is 6.08 Å². The van der Waals surface area contributed by atoms with E-state index in [0.29, 0.717) is 5.56 Å². The molecule has 0 aliphatic heterocycles. The molecule has 0 N–H and O–H groups in total. The van der Waals surface area contributed by atoms with Crippen molar-refractivity contribution < 1.29 is 4.39 Å². The third-order valence-corrected chi connectivity index (χ3v) is 1.08. The first kappa shape index (κ1) is 7.53. The van der Waals surface area contributed by atoms with Gasteiger partial charge < -0.3 is 0 Å². The number of nitrogens with zero attached hydrogens (tertiary/aromatic N) is 2. The predicted octanol–water partition coefficient (Wildman–Crippen LogP) is 1.96. The average Bonchev–Trinajstić information content (AvgIpc) is 2.01. The Kier molecular flexibility index (Phi) is 2.43. The second kappa shape index (κ2) is 3.55. The lowest BCUT2D eigenvalue weighted by Gasteiger charge is -1.89. The Balaban J connectivity index is 2.87. The standard InChI is InChI=1S/C7H5FN2O/c8-7-5-6(1-3-9-7)2-4-10-11/h1-5H/b4-2+. The molecule has 56 valence electrons. The van der Waals surface area contributed by atoms with Crippen LogP contribution in [0.1, 0.15) is 5.56 Å². The molecule has 0 saturated carbocycles. The first-order valence-corrected chi connectivity index (χ1v) is 2.93. The summed E-state index contributed by atoms with van der Waals surface area (Å²) in [6.07, 6.45) is 3.77. The lowest BCUT2D eigenvalue weighted by atomic mass is 10.3. The van der Waals surface area contributed by atoms with Crippen molar-refractivity contribution in [1.29, 1.82) is 0 Å². The summed E-state index contributed by atoms with van der Waals surface area (Å²) < 4.78 is 12.3. The van der Waals surface area contributed by atoms with E-state index in [2.05, 4.69) is 10.2 Å². The summed E-state index contributed by atoms with van der Waals surface area (Å²) in [5.74, 6) is -0.571. The van der Waals surface area contributed by atoms with E-state index in [9.17, 15) is 9.30 Å². The first-order valence-electron chi connectivity index (χ1n) is 2.93. The number of hydrogen-bond acceptors (Lipinski definition) is 3. The summed E-state index contributed by atoms with van der Waals surface area (Å²) in [6.45, 7) is 0. The van der Waals surface area contributed by atoms with Gasteiger partial charge in [-0.15, -0.1) is 4.91 Å². The van der Waals surface area contributed by atoms with Crippen LogP contribution in [-0.4, -0.2) is 4.98 Å². The Morgan fingerprint density at radius 2 is 2.45 bits per heavy atom. The molecule has 1 rings (SSSR count). The molecule has 0 amide bonds. The molecule has 0 unspecified atom stereocenters. The van der Waals surface area contributed by atoms with Gasteiger partial charge >= 0.3 is 0 Å². The lowest BCUT2D eigenvalue weighted by Crippen LogP contribution is -1.80. The van der Waals surface area contributed by atoms with E-state index in [1.807, 2.05) is 0 Å². The summed E-state index contributed by atoms with van der Waals surface area (Å²) in [6, 6.07) is 2.78. The van der Waals surface area contributed by atoms with E-state index in [1.165, 1.54) is 18.3 Å². The molecule has 0 radical (unpaired) electrons. The Morgan fingerprint density at radius 3 is 3.09 bits per heavy atom. The van der Waals surface area contributed by atoms with Crippen molar-refractivity contribution in [2.24, 2.45) is 5.18 Å². The molecule has 11 heavy (non-hydrogen) atoms. The second-order valence-corrected chi connectivity index (χ2v) is 1.83. The Hall–Kier alpha value is -1.58. The quantitative estimate of drug-likeness (QED) is 0.480. The molecule has 0 aromatic carbocycles. The highest BCUT2D eigenvalue weighted by atomic mass is 19.1. The van der Waals surface area contributed by atoms with Gasteiger partial charge in [0.25, 0.3) is 0 Å². The summed E-state index contributed by atoms with van der Waals surface area (Å²) in [5.41, 5.74) is 0.567. The van der Waals surface area contributed by atoms with Gasteiger partial charge in [0.05, 0.1) is 6.20 Å². The van der Waals surface area contributed by atoms with Crippen LogP contribution < -0.4 is 0 Å². The van der Waals surface area contributed by atoms with Gasteiger partial charge in [0.2, 0.25) is 5.95 Å². The molecule has 3 nitrogen and oxygen atoms in total. The largest absolute Gasteiger partial charge is 0.228 e. The number of hydrogen-bond donors (Lipinski definition) is 0. The molecule has 0 atom stereocenters. The third kappa shape index (κ3) is 2.25. The van der Waals surface area contributed by atoms with E-state index >= 15 is 0 Å². The van der Waals surface area contributed by atoms with Gasteiger partial charge in [-0.25, -0.2) is 4.98 Å². The normalized spacial score (nSPS) is 10.3. The third-order valence-electron chi connectivity index (χ3n) is 1.08. The van der Waals surface area contributed by atoms with Gasteiger partial charge in [0.1, 0.15) is 0 Å². The summed E-state index contributed by atoms with van der Waals surface area (Å²) in [7, 11) is 0. The SMILES string of the molecule is O=N/C=C/c1ccnc(F)c1. The van der Waals surface area contributed by atoms with E-state index in [-0.39, 0.29) is 0 Å². The minimum atomic E-state index is -0.571. The Bertz CT molecular complexity index is 286. The van der Waals surface area contributed by atoms with E-state index in [0.717, 1.165) is 6.20 Å². The maximum absolute atomic E-state index is 12.3. The number of halogens is 1. The van der Waals surface area contributed by atoms with Crippen LogP contribution in [0.3, 0.4) is 0 Å². The predicted molar refractivity (Wildman–Crippen MR) is 39.0 cm³/mol. The van der Waals surface area contributed by atoms with Crippen molar-refractivity contribution in [3.05, 3.63) is 40.9 Å². The molecule has 1 aromatic heterocycles. The molecule has 0 saturated heterocycles. The zero-order valence-corrected chi connectivity index (χ0v) is 5.57. The van der Waals surface area contributed by atoms with Crippen molar-refractivity contribution in [3.8, 4) is 0 Å². The molecule has 4 heteroatoms. The molecule has 0 bridgehead atoms. The van der Waals surface area contributed by atoms with Crippen molar-refractivity contribution in [1.82, 2.24) is 4.98 Å². The first-order chi connectivity index (χ1) is 5.33. The smallest absolute Gasteiger partial charge is 0.213 e. The fourth-order valence-electron chi connectivity index (χ4n) is 0.638. The van der Waals surface area contributed by atoms with Crippen LogP contribution in [0.15, 0.2) is 29.7 Å². The van der Waals surface area contributed by atoms with Gasteiger partial charge in [0, 0.05) is 12.3 Å². The maximum atomic E-state index is 12.3. The Morgan fingerprint density at radius 1 is 1.64 bits per heavy atom. The number of pyridine rings is 1. The molecule has 0 aliphatic carbocycles. The van der Waals surface area contributed by atoms with Crippen LogP contribution >= 0.6 is 0 Å². The van der Waals surface area contributed by atoms with Gasteiger partial charge in [0.15, 0.2) is 0 Å². The summed E-state index contributed by atoms with van der Waals surface area (Å²) in [4.78, 5) is 13.0. The highest BCUT2D eigenvalue weighted by Gasteiger charge is 1.89. The van der Waals surface area contributed by atoms with Crippen molar-refractivity contribution in [3.63, 3.8) is 0 Å². The molecular weight excluding hydrogens is 147 g/mol. The highest BCUT2D eigenvalue weighted by molar-refractivity contribution is 5.47. The van der Waals surface area contributed by atoms with E-state index < -0.39 is 5.95 Å². The molecule has 1 heterocycles. The van der Waals surface area contributed by atoms with Crippen LogP contribution in [0, 0.1) is 10.9 Å². The second-order valence-electron chi connectivity index (χ2n) is 1.83. The van der Waals surface area contributed by atoms with Crippen LogP contribution in [0.2, 0.25) is 0 Å². The summed E-state index contributed by atoms with van der Waals surface area (Å²) >= 11 is 0. The highest BCUT2D eigenvalue weighted by Crippen LogP contribution is 2.02. The zero-order valence-electron chi connectivity index (χ0n) is 5.57. The van der Waals surface area contributed by atoms with Crippen molar-refractivity contribution in [2.45, 2.75) is 0 Å². The van der Waals surface area contributed by atoms with Crippen LogP contribution in [0.4, 0.5) is 4.39 Å². The van der Waals surface area contributed by atoms with Crippen LogP contribution in [0.5, 0.6) is 0 Å². The van der Waals surface area contributed by atoms with Gasteiger partial charge in [-0.3, -0.25) is 0 Å². The van der Waals surface area contributed by atoms with Crippen molar-refractivity contribution in [2.75, 3.05) is 0 Å². The van der Waals surface area contributed by atoms with E-state index in [1.54, 1.807) is 6.07 Å². The minimum Gasteiger partial charge on any atom is -0.228 e. The van der Waals surface area contributed by atoms with Gasteiger partial charge in [-0.2, -0.15) is 4.39 Å². The molecular formula is C7H5FN2O. The fourth-order valence-corrected chi connectivity index (χ4v) is 0.638. The summed E-state index contributed by atoms with van der Waals surface area (Å²) in [5, 5.41) is 2.49. The molecule has 1 aromatic rings. The minimum absolute atomic E-state index is 0.567. The van der Waals surface area contributed by atoms with E-state index in [4.69, 9.17) is 0 Å².